The van der Waals surface area contributed by atoms with Crippen molar-refractivity contribution in [2.75, 3.05) is 17.7 Å². The molecule has 186 valence electrons. The number of carbonyl (C=O) groups is 2. The summed E-state index contributed by atoms with van der Waals surface area (Å²) in [7, 11) is 1.53. The summed E-state index contributed by atoms with van der Waals surface area (Å²) in [5.41, 5.74) is 4.43. The highest BCUT2D eigenvalue weighted by molar-refractivity contribution is 7.20. The van der Waals surface area contributed by atoms with Crippen LogP contribution >= 0.6 is 11.3 Å². The lowest BCUT2D eigenvalue weighted by Gasteiger charge is -2.18. The van der Waals surface area contributed by atoms with Gasteiger partial charge in [-0.15, -0.1) is 11.3 Å². The van der Waals surface area contributed by atoms with Gasteiger partial charge in [0.1, 0.15) is 16.6 Å². The highest BCUT2D eigenvalue weighted by Gasteiger charge is 2.24. The van der Waals surface area contributed by atoms with Crippen molar-refractivity contribution in [3.8, 4) is 5.75 Å². The molecule has 2 heterocycles. The van der Waals surface area contributed by atoms with Crippen LogP contribution in [0.4, 0.5) is 11.4 Å². The molecular formula is C27H28N4O4S. The Morgan fingerprint density at radius 2 is 1.72 bits per heavy atom. The summed E-state index contributed by atoms with van der Waals surface area (Å²) < 4.78 is 6.61. The van der Waals surface area contributed by atoms with Gasteiger partial charge in [-0.3, -0.25) is 19.0 Å². The Hall–Kier alpha value is -3.98. The molecule has 2 amide bonds. The fourth-order valence-corrected chi connectivity index (χ4v) is 5.32. The zero-order valence-corrected chi connectivity index (χ0v) is 21.9. The van der Waals surface area contributed by atoms with Gasteiger partial charge in [-0.25, -0.2) is 4.98 Å². The normalized spacial score (nSPS) is 11.8. The molecule has 8 nitrogen and oxygen atoms in total. The molecule has 2 aromatic heterocycles. The van der Waals surface area contributed by atoms with Gasteiger partial charge in [-0.1, -0.05) is 29.8 Å². The molecule has 0 bridgehead atoms. The first-order valence-corrected chi connectivity index (χ1v) is 12.3. The molecule has 2 N–H and O–H groups in total. The second-order valence-electron chi connectivity index (χ2n) is 8.79. The van der Waals surface area contributed by atoms with Gasteiger partial charge in [0.05, 0.1) is 29.4 Å². The number of para-hydroxylation sites is 2. The maximum atomic E-state index is 13.4. The Labute approximate surface area is 212 Å². The van der Waals surface area contributed by atoms with Gasteiger partial charge in [0.25, 0.3) is 11.5 Å². The van der Waals surface area contributed by atoms with Gasteiger partial charge in [0.2, 0.25) is 5.91 Å². The quantitative estimate of drug-likeness (QED) is 0.378. The van der Waals surface area contributed by atoms with E-state index in [0.717, 1.165) is 33.7 Å². The van der Waals surface area contributed by atoms with Crippen molar-refractivity contribution >= 4 is 44.7 Å². The summed E-state index contributed by atoms with van der Waals surface area (Å²) in [4.78, 5) is 44.8. The van der Waals surface area contributed by atoms with E-state index >= 15 is 0 Å². The van der Waals surface area contributed by atoms with Crippen LogP contribution in [0.2, 0.25) is 0 Å². The average Bonchev–Trinajstić information content (AvgIpc) is 3.18. The molecule has 0 spiro atoms. The Morgan fingerprint density at radius 3 is 2.39 bits per heavy atom. The van der Waals surface area contributed by atoms with Crippen molar-refractivity contribution in [2.45, 2.75) is 40.7 Å². The summed E-state index contributed by atoms with van der Waals surface area (Å²) in [6, 6.07) is 10.3. The van der Waals surface area contributed by atoms with Crippen LogP contribution in [0.5, 0.6) is 5.75 Å². The van der Waals surface area contributed by atoms with E-state index < -0.39 is 6.04 Å². The van der Waals surface area contributed by atoms with Crippen LogP contribution in [0.25, 0.3) is 10.2 Å². The van der Waals surface area contributed by atoms with Gasteiger partial charge in [-0.2, -0.15) is 0 Å². The van der Waals surface area contributed by atoms with E-state index in [1.807, 2.05) is 39.0 Å². The van der Waals surface area contributed by atoms with E-state index in [0.29, 0.717) is 32.1 Å². The SMILES string of the molecule is COc1ccccc1NC(=O)c1sc2ncn(C(C)C(=O)Nc3c(C)cc(C)cc3C)c(=O)c2c1C. The van der Waals surface area contributed by atoms with Crippen LogP contribution in [-0.2, 0) is 4.79 Å². The van der Waals surface area contributed by atoms with Gasteiger partial charge in [-0.05, 0) is 63.4 Å². The molecule has 0 aliphatic carbocycles. The first kappa shape index (κ1) is 25.1. The summed E-state index contributed by atoms with van der Waals surface area (Å²) in [6.45, 7) is 9.24. The molecule has 0 fully saturated rings. The maximum Gasteiger partial charge on any atom is 0.266 e. The van der Waals surface area contributed by atoms with Crippen LogP contribution in [0.15, 0.2) is 47.5 Å². The molecule has 1 atom stereocenters. The Bertz CT molecular complexity index is 1530. The fourth-order valence-electron chi connectivity index (χ4n) is 4.29. The van der Waals surface area contributed by atoms with Gasteiger partial charge >= 0.3 is 0 Å². The first-order valence-electron chi connectivity index (χ1n) is 11.5. The van der Waals surface area contributed by atoms with Crippen LogP contribution < -0.4 is 20.9 Å². The molecular weight excluding hydrogens is 476 g/mol. The molecule has 1 unspecified atom stereocenters. The fraction of sp³-hybridized carbons (Fsp3) is 0.259. The number of thiophene rings is 1. The molecule has 4 rings (SSSR count). The monoisotopic (exact) mass is 504 g/mol. The summed E-state index contributed by atoms with van der Waals surface area (Å²) in [5.74, 6) is -0.152. The van der Waals surface area contributed by atoms with E-state index in [1.165, 1.54) is 18.0 Å². The zero-order chi connectivity index (χ0) is 26.1. The number of fused-ring (bicyclic) bond motifs is 1. The van der Waals surface area contributed by atoms with E-state index in [9.17, 15) is 14.4 Å². The van der Waals surface area contributed by atoms with Gasteiger partial charge < -0.3 is 15.4 Å². The van der Waals surface area contributed by atoms with Crippen LogP contribution in [0.3, 0.4) is 0 Å². The van der Waals surface area contributed by atoms with E-state index in [4.69, 9.17) is 4.74 Å². The number of amides is 2. The minimum atomic E-state index is -0.806. The number of rotatable bonds is 6. The molecule has 4 aromatic rings. The number of nitrogens with one attached hydrogen (secondary N) is 2. The lowest BCUT2D eigenvalue weighted by Crippen LogP contribution is -2.32. The van der Waals surface area contributed by atoms with E-state index in [1.54, 1.807) is 32.0 Å². The minimum absolute atomic E-state index is 0.324. The van der Waals surface area contributed by atoms with Gasteiger partial charge in [0, 0.05) is 5.69 Å². The summed E-state index contributed by atoms with van der Waals surface area (Å²) in [6.07, 6.45) is 1.36. The van der Waals surface area contributed by atoms with Crippen LogP contribution in [0.1, 0.15) is 44.9 Å². The summed E-state index contributed by atoms with van der Waals surface area (Å²) in [5, 5.41) is 6.13. The molecule has 0 saturated carbocycles. The average molecular weight is 505 g/mol. The number of hydrogen-bond acceptors (Lipinski definition) is 6. The number of benzene rings is 2. The number of carbonyl (C=O) groups excluding carboxylic acids is 2. The molecule has 2 aromatic carbocycles. The van der Waals surface area contributed by atoms with Crippen LogP contribution in [0, 0.1) is 27.7 Å². The Kier molecular flexibility index (Phi) is 6.94. The lowest BCUT2D eigenvalue weighted by molar-refractivity contribution is -0.118. The van der Waals surface area contributed by atoms with E-state index in [-0.39, 0.29) is 17.4 Å². The Balaban J connectivity index is 1.65. The third kappa shape index (κ3) is 4.61. The maximum absolute atomic E-state index is 13.4. The Morgan fingerprint density at radius 1 is 1.06 bits per heavy atom. The molecule has 0 saturated heterocycles. The van der Waals surface area contributed by atoms with E-state index in [2.05, 4.69) is 15.6 Å². The van der Waals surface area contributed by atoms with Crippen molar-refractivity contribution < 1.29 is 14.3 Å². The highest BCUT2D eigenvalue weighted by atomic mass is 32.1. The third-order valence-corrected chi connectivity index (χ3v) is 7.36. The highest BCUT2D eigenvalue weighted by Crippen LogP contribution is 2.30. The topological polar surface area (TPSA) is 102 Å². The molecule has 0 radical (unpaired) electrons. The van der Waals surface area contributed by atoms with Crippen molar-refractivity contribution in [3.05, 3.63) is 80.2 Å². The van der Waals surface area contributed by atoms with Gasteiger partial charge in [0.15, 0.2) is 0 Å². The molecule has 0 aliphatic rings. The van der Waals surface area contributed by atoms with Crippen LogP contribution in [-0.4, -0.2) is 28.5 Å². The largest absolute Gasteiger partial charge is 0.495 e. The predicted octanol–water partition coefficient (Wildman–Crippen LogP) is 5.15. The third-order valence-electron chi connectivity index (χ3n) is 6.16. The molecule has 9 heteroatoms. The molecule has 36 heavy (non-hydrogen) atoms. The second kappa shape index (κ2) is 9.94. The number of ether oxygens (including phenoxy) is 1. The zero-order valence-electron chi connectivity index (χ0n) is 21.1. The summed E-state index contributed by atoms with van der Waals surface area (Å²) >= 11 is 1.14. The minimum Gasteiger partial charge on any atom is -0.495 e. The number of aromatic nitrogens is 2. The number of methoxy groups -OCH3 is 1. The number of anilines is 2. The molecule has 0 aliphatic heterocycles. The second-order valence-corrected chi connectivity index (χ2v) is 9.79. The van der Waals surface area contributed by atoms with Crippen molar-refractivity contribution in [2.24, 2.45) is 0 Å². The van der Waals surface area contributed by atoms with Crippen molar-refractivity contribution in [1.82, 2.24) is 9.55 Å². The predicted molar refractivity (Wildman–Crippen MR) is 144 cm³/mol. The van der Waals surface area contributed by atoms with Crippen molar-refractivity contribution in [1.29, 1.82) is 0 Å². The number of hydrogen-bond donors (Lipinski definition) is 2. The number of nitrogens with zero attached hydrogens (tertiary/aromatic N) is 2. The standard InChI is InChI=1S/C27H28N4O4S/c1-14-11-15(2)22(16(3)12-14)30-24(32)18(5)31-13-28-26-21(27(31)34)17(4)23(36-26)25(33)29-19-9-7-8-10-20(19)35-6/h7-13,18H,1-6H3,(H,29,33)(H,30,32). The lowest BCUT2D eigenvalue weighted by atomic mass is 10.0. The smallest absolute Gasteiger partial charge is 0.266 e. The number of aryl methyl sites for hydroxylation is 4. The van der Waals surface area contributed by atoms with Crippen molar-refractivity contribution in [3.63, 3.8) is 0 Å². The first-order chi connectivity index (χ1) is 17.1.